The van der Waals surface area contributed by atoms with Gasteiger partial charge in [0.05, 0.1) is 10.5 Å². The van der Waals surface area contributed by atoms with Crippen LogP contribution in [-0.4, -0.2) is 16.2 Å². The number of aromatic nitrogens is 1. The third-order valence-electron chi connectivity index (χ3n) is 1.88. The van der Waals surface area contributed by atoms with Gasteiger partial charge < -0.3 is 0 Å². The van der Waals surface area contributed by atoms with Gasteiger partial charge in [-0.3, -0.25) is 19.9 Å². The number of pyridine rings is 1. The molecule has 0 aliphatic heterocycles. The van der Waals surface area contributed by atoms with Gasteiger partial charge in [0, 0.05) is 6.20 Å². The van der Waals surface area contributed by atoms with Gasteiger partial charge in [-0.25, -0.2) is 8.78 Å². The van der Waals surface area contributed by atoms with Crippen molar-refractivity contribution in [1.29, 1.82) is 0 Å². The Morgan fingerprint density at radius 1 is 1.60 bits per heavy atom. The van der Waals surface area contributed by atoms with Gasteiger partial charge in [0.1, 0.15) is 11.3 Å². The van der Waals surface area contributed by atoms with E-state index in [4.69, 9.17) is 0 Å². The van der Waals surface area contributed by atoms with Crippen molar-refractivity contribution in [3.8, 4) is 0 Å². The first-order valence-corrected chi connectivity index (χ1v) is 3.86. The maximum absolute atomic E-state index is 12.4. The zero-order valence-electron chi connectivity index (χ0n) is 7.61. The second kappa shape index (κ2) is 4.07. The van der Waals surface area contributed by atoms with E-state index >= 15 is 0 Å². The predicted octanol–water partition coefficient (Wildman–Crippen LogP) is 2.05. The lowest BCUT2D eigenvalue weighted by molar-refractivity contribution is -0.386. The highest BCUT2D eigenvalue weighted by Crippen LogP contribution is 2.31. The van der Waals surface area contributed by atoms with Crippen LogP contribution in [0.4, 0.5) is 14.5 Å². The van der Waals surface area contributed by atoms with Crippen LogP contribution in [0.15, 0.2) is 6.20 Å². The Morgan fingerprint density at radius 3 is 2.60 bits per heavy atom. The van der Waals surface area contributed by atoms with Gasteiger partial charge in [-0.05, 0) is 6.92 Å². The first kappa shape index (κ1) is 11.2. The molecule has 0 bridgehead atoms. The van der Waals surface area contributed by atoms with Gasteiger partial charge >= 0.3 is 0 Å². The van der Waals surface area contributed by atoms with Crippen LogP contribution < -0.4 is 0 Å². The van der Waals surface area contributed by atoms with Crippen molar-refractivity contribution in [2.45, 2.75) is 13.3 Å². The summed E-state index contributed by atoms with van der Waals surface area (Å²) in [6.07, 6.45) is -2.05. The number of carbonyl (C=O) groups is 1. The molecule has 0 saturated heterocycles. The van der Waals surface area contributed by atoms with Crippen molar-refractivity contribution in [2.75, 3.05) is 0 Å². The molecule has 0 N–H and O–H groups in total. The minimum Gasteiger partial charge on any atom is -0.296 e. The number of hydrogen-bond donors (Lipinski definition) is 0. The van der Waals surface area contributed by atoms with Gasteiger partial charge in [-0.15, -0.1) is 0 Å². The maximum Gasteiger partial charge on any atom is 0.285 e. The van der Waals surface area contributed by atoms with Crippen molar-refractivity contribution in [3.63, 3.8) is 0 Å². The smallest absolute Gasteiger partial charge is 0.285 e. The topological polar surface area (TPSA) is 73.1 Å². The molecule has 1 aromatic heterocycles. The Balaban J connectivity index is 3.51. The Morgan fingerprint density at radius 2 is 2.20 bits per heavy atom. The molecule has 0 aromatic carbocycles. The lowest BCUT2D eigenvalue weighted by atomic mass is 10.1. The fraction of sp³-hybridized carbons (Fsp3) is 0.250. The molecule has 1 heterocycles. The number of rotatable bonds is 3. The molecule has 0 aliphatic carbocycles. The minimum atomic E-state index is -2.99. The van der Waals surface area contributed by atoms with Crippen molar-refractivity contribution in [1.82, 2.24) is 4.98 Å². The van der Waals surface area contributed by atoms with Crippen LogP contribution in [0.3, 0.4) is 0 Å². The van der Waals surface area contributed by atoms with Crippen LogP contribution in [0.5, 0.6) is 0 Å². The first-order chi connectivity index (χ1) is 6.99. The average molecular weight is 216 g/mol. The summed E-state index contributed by atoms with van der Waals surface area (Å²) in [6, 6.07) is 0. The Labute approximate surface area is 82.9 Å². The van der Waals surface area contributed by atoms with Crippen molar-refractivity contribution >= 4 is 12.0 Å². The standard InChI is InChI=1S/C8H6F2N2O3/c1-4-6(3-13)11-2-5(8(9)10)7(4)12(14)15/h2-3,8H,1H3. The van der Waals surface area contributed by atoms with E-state index in [0.29, 0.717) is 6.20 Å². The molecule has 0 aliphatic rings. The molecule has 0 atom stereocenters. The monoisotopic (exact) mass is 216 g/mol. The van der Waals surface area contributed by atoms with Crippen LogP contribution in [-0.2, 0) is 0 Å². The van der Waals surface area contributed by atoms with Crippen LogP contribution >= 0.6 is 0 Å². The zero-order valence-corrected chi connectivity index (χ0v) is 7.61. The quantitative estimate of drug-likeness (QED) is 0.440. The van der Waals surface area contributed by atoms with E-state index in [1.54, 1.807) is 0 Å². The van der Waals surface area contributed by atoms with Gasteiger partial charge in [-0.2, -0.15) is 0 Å². The molecule has 7 heteroatoms. The highest BCUT2D eigenvalue weighted by atomic mass is 19.3. The van der Waals surface area contributed by atoms with Crippen LogP contribution in [0.1, 0.15) is 28.0 Å². The number of aldehydes is 1. The largest absolute Gasteiger partial charge is 0.296 e. The lowest BCUT2D eigenvalue weighted by Gasteiger charge is -2.04. The fourth-order valence-electron chi connectivity index (χ4n) is 1.16. The Bertz CT molecular complexity index is 421. The van der Waals surface area contributed by atoms with Crippen molar-refractivity contribution in [2.24, 2.45) is 0 Å². The van der Waals surface area contributed by atoms with E-state index in [1.165, 1.54) is 6.92 Å². The van der Waals surface area contributed by atoms with E-state index in [-0.39, 0.29) is 17.5 Å². The third kappa shape index (κ3) is 1.95. The number of alkyl halides is 2. The molecule has 5 nitrogen and oxygen atoms in total. The van der Waals surface area contributed by atoms with Crippen molar-refractivity contribution in [3.05, 3.63) is 33.1 Å². The summed E-state index contributed by atoms with van der Waals surface area (Å²) in [5.74, 6) is 0. The highest BCUT2D eigenvalue weighted by molar-refractivity contribution is 5.76. The van der Waals surface area contributed by atoms with E-state index in [0.717, 1.165) is 0 Å². The number of nitrogens with zero attached hydrogens (tertiary/aromatic N) is 2. The van der Waals surface area contributed by atoms with Crippen LogP contribution in [0.2, 0.25) is 0 Å². The van der Waals surface area contributed by atoms with Gasteiger partial charge in [0.25, 0.3) is 12.1 Å². The van der Waals surface area contributed by atoms with Crippen molar-refractivity contribution < 1.29 is 18.5 Å². The molecule has 0 fully saturated rings. The SMILES string of the molecule is Cc1c(C=O)ncc(C(F)F)c1[N+](=O)[O-]. The molecule has 1 rings (SSSR count). The molecule has 0 radical (unpaired) electrons. The van der Waals surface area contributed by atoms with Gasteiger partial charge in [0.15, 0.2) is 6.29 Å². The zero-order chi connectivity index (χ0) is 11.6. The summed E-state index contributed by atoms with van der Waals surface area (Å²) in [5.41, 5.74) is -1.87. The second-order valence-electron chi connectivity index (χ2n) is 2.75. The third-order valence-corrected chi connectivity index (χ3v) is 1.88. The second-order valence-corrected chi connectivity index (χ2v) is 2.75. The number of hydrogen-bond acceptors (Lipinski definition) is 4. The molecule has 15 heavy (non-hydrogen) atoms. The molecule has 1 aromatic rings. The summed E-state index contributed by atoms with van der Waals surface area (Å²) in [7, 11) is 0. The number of nitro groups is 1. The predicted molar refractivity (Wildman–Crippen MR) is 46.0 cm³/mol. The van der Waals surface area contributed by atoms with Gasteiger partial charge in [0.2, 0.25) is 0 Å². The van der Waals surface area contributed by atoms with Crippen LogP contribution in [0, 0.1) is 17.0 Å². The Kier molecular flexibility index (Phi) is 3.03. The maximum atomic E-state index is 12.4. The molecule has 80 valence electrons. The lowest BCUT2D eigenvalue weighted by Crippen LogP contribution is -2.04. The summed E-state index contributed by atoms with van der Waals surface area (Å²) in [4.78, 5) is 23.4. The Hall–Kier alpha value is -1.92. The first-order valence-electron chi connectivity index (χ1n) is 3.86. The summed E-state index contributed by atoms with van der Waals surface area (Å²) in [6.45, 7) is 1.21. The average Bonchev–Trinajstić information content (AvgIpc) is 2.16. The summed E-state index contributed by atoms with van der Waals surface area (Å²) >= 11 is 0. The number of halogens is 2. The van der Waals surface area contributed by atoms with Crippen LogP contribution in [0.25, 0.3) is 0 Å². The normalized spacial score (nSPS) is 10.4. The molecule has 0 amide bonds. The highest BCUT2D eigenvalue weighted by Gasteiger charge is 2.26. The molecular weight excluding hydrogens is 210 g/mol. The number of carbonyl (C=O) groups excluding carboxylic acids is 1. The van der Waals surface area contributed by atoms with Gasteiger partial charge in [-0.1, -0.05) is 0 Å². The van der Waals surface area contributed by atoms with E-state index in [2.05, 4.69) is 4.98 Å². The molecule has 0 spiro atoms. The van der Waals surface area contributed by atoms with E-state index in [9.17, 15) is 23.7 Å². The minimum absolute atomic E-state index is 0.146. The summed E-state index contributed by atoms with van der Waals surface area (Å²) < 4.78 is 24.7. The molecular formula is C8H6F2N2O3. The van der Waals surface area contributed by atoms with E-state index < -0.39 is 22.6 Å². The molecule has 0 saturated carbocycles. The molecule has 0 unspecified atom stereocenters. The van der Waals surface area contributed by atoms with E-state index in [1.807, 2.05) is 0 Å². The fourth-order valence-corrected chi connectivity index (χ4v) is 1.16. The summed E-state index contributed by atoms with van der Waals surface area (Å²) in [5, 5.41) is 10.5.